The molecule has 2 aromatic carbocycles. The molecule has 0 bridgehead atoms. The van der Waals surface area contributed by atoms with Gasteiger partial charge in [0.25, 0.3) is 0 Å². The van der Waals surface area contributed by atoms with Gasteiger partial charge in [0.05, 0.1) is 6.04 Å². The Hall–Kier alpha value is -2.37. The molecule has 0 aliphatic rings. The van der Waals surface area contributed by atoms with Gasteiger partial charge in [-0.3, -0.25) is 10.2 Å². The van der Waals surface area contributed by atoms with Crippen molar-refractivity contribution in [1.82, 2.24) is 9.88 Å². The average Bonchev–Trinajstić information content (AvgIpc) is 2.99. The Bertz CT molecular complexity index is 790. The highest BCUT2D eigenvalue weighted by Gasteiger charge is 2.16. The number of benzene rings is 2. The van der Waals surface area contributed by atoms with Crippen LogP contribution in [-0.2, 0) is 11.3 Å². The Balaban J connectivity index is 0.00000208. The molecule has 1 amide bonds. The topological polar surface area (TPSA) is 57.9 Å². The molecular formula is C18H17ClN3OS-. The van der Waals surface area contributed by atoms with Crippen LogP contribution in [0.2, 0.25) is 0 Å². The number of nitrogens with one attached hydrogen (secondary N) is 2. The lowest BCUT2D eigenvalue weighted by atomic mass is 9.99. The number of rotatable bonds is 5. The van der Waals surface area contributed by atoms with Gasteiger partial charge in [0.15, 0.2) is 4.80 Å². The first-order chi connectivity index (χ1) is 11.2. The van der Waals surface area contributed by atoms with Gasteiger partial charge < -0.3 is 22.3 Å². The Morgan fingerprint density at radius 2 is 1.58 bits per heavy atom. The van der Waals surface area contributed by atoms with Crippen LogP contribution in [0.1, 0.15) is 17.2 Å². The summed E-state index contributed by atoms with van der Waals surface area (Å²) in [6.07, 6.45) is 1.76. The van der Waals surface area contributed by atoms with E-state index in [1.54, 1.807) is 10.8 Å². The third-order valence-electron chi connectivity index (χ3n) is 3.57. The van der Waals surface area contributed by atoms with E-state index in [0.717, 1.165) is 11.1 Å². The van der Waals surface area contributed by atoms with Crippen molar-refractivity contribution in [2.24, 2.45) is 0 Å². The maximum atomic E-state index is 12.4. The van der Waals surface area contributed by atoms with Crippen molar-refractivity contribution in [3.8, 4) is 0 Å². The molecule has 0 saturated heterocycles. The van der Waals surface area contributed by atoms with E-state index < -0.39 is 0 Å². The smallest absolute Gasteiger partial charge is 0.240 e. The summed E-state index contributed by atoms with van der Waals surface area (Å²) < 4.78 is 1.63. The maximum Gasteiger partial charge on any atom is 0.240 e. The minimum Gasteiger partial charge on any atom is -1.00 e. The van der Waals surface area contributed by atoms with E-state index in [0.29, 0.717) is 4.80 Å². The summed E-state index contributed by atoms with van der Waals surface area (Å²) in [5.74, 6) is -0.111. The fraction of sp³-hybridized carbons (Fsp3) is 0.111. The fourth-order valence-electron chi connectivity index (χ4n) is 2.44. The highest BCUT2D eigenvalue weighted by atomic mass is 35.5. The van der Waals surface area contributed by atoms with Gasteiger partial charge in [-0.05, 0) is 11.1 Å². The molecule has 1 aromatic heterocycles. The molecule has 1 heterocycles. The van der Waals surface area contributed by atoms with Crippen LogP contribution in [0.25, 0.3) is 0 Å². The number of hydrogen-bond acceptors (Lipinski definition) is 3. The Kier molecular flexibility index (Phi) is 6.35. The molecule has 6 heteroatoms. The molecule has 0 aliphatic carbocycles. The van der Waals surface area contributed by atoms with Crippen molar-refractivity contribution in [3.63, 3.8) is 0 Å². The van der Waals surface area contributed by atoms with Crippen LogP contribution in [0.3, 0.4) is 0 Å². The lowest BCUT2D eigenvalue weighted by Gasteiger charge is -2.20. The SMILES string of the molecule is N=c1sccn1CC(=O)NC(c1ccccc1)c1ccccc1.[Cl-]. The molecular weight excluding hydrogens is 342 g/mol. The van der Waals surface area contributed by atoms with Crippen molar-refractivity contribution >= 4 is 17.2 Å². The van der Waals surface area contributed by atoms with Crippen LogP contribution in [0.4, 0.5) is 0 Å². The predicted molar refractivity (Wildman–Crippen MR) is 91.0 cm³/mol. The Morgan fingerprint density at radius 3 is 2.04 bits per heavy atom. The minimum absolute atomic E-state index is 0. The predicted octanol–water partition coefficient (Wildman–Crippen LogP) is -0.0611. The number of carbonyl (C=O) groups is 1. The van der Waals surface area contributed by atoms with Crippen LogP contribution in [0.15, 0.2) is 72.2 Å². The van der Waals surface area contributed by atoms with Crippen LogP contribution in [0.5, 0.6) is 0 Å². The summed E-state index contributed by atoms with van der Waals surface area (Å²) >= 11 is 1.31. The van der Waals surface area contributed by atoms with Gasteiger partial charge in [0.1, 0.15) is 6.54 Å². The van der Waals surface area contributed by atoms with Gasteiger partial charge in [-0.1, -0.05) is 60.7 Å². The molecule has 0 atom stereocenters. The van der Waals surface area contributed by atoms with Crippen LogP contribution in [-0.4, -0.2) is 10.5 Å². The molecule has 0 unspecified atom stereocenters. The minimum atomic E-state index is -0.196. The van der Waals surface area contributed by atoms with Crippen molar-refractivity contribution in [3.05, 3.63) is 88.2 Å². The molecule has 0 aliphatic heterocycles. The van der Waals surface area contributed by atoms with Crippen molar-refractivity contribution in [1.29, 1.82) is 5.41 Å². The van der Waals surface area contributed by atoms with Gasteiger partial charge >= 0.3 is 0 Å². The van der Waals surface area contributed by atoms with Crippen molar-refractivity contribution < 1.29 is 17.2 Å². The molecule has 3 rings (SSSR count). The highest BCUT2D eigenvalue weighted by Crippen LogP contribution is 2.21. The van der Waals surface area contributed by atoms with E-state index in [-0.39, 0.29) is 30.9 Å². The highest BCUT2D eigenvalue weighted by molar-refractivity contribution is 7.06. The third-order valence-corrected chi connectivity index (χ3v) is 4.28. The van der Waals surface area contributed by atoms with E-state index in [1.807, 2.05) is 66.0 Å². The van der Waals surface area contributed by atoms with Crippen LogP contribution < -0.4 is 22.5 Å². The Morgan fingerprint density at radius 1 is 1.04 bits per heavy atom. The van der Waals surface area contributed by atoms with Gasteiger partial charge in [-0.15, -0.1) is 11.3 Å². The first kappa shape index (κ1) is 18.0. The van der Waals surface area contributed by atoms with E-state index in [2.05, 4.69) is 5.32 Å². The fourth-order valence-corrected chi connectivity index (χ4v) is 3.04. The number of carbonyl (C=O) groups excluding carboxylic acids is 1. The summed E-state index contributed by atoms with van der Waals surface area (Å²) in [5, 5.41) is 12.6. The van der Waals surface area contributed by atoms with Gasteiger partial charge in [0, 0.05) is 11.6 Å². The van der Waals surface area contributed by atoms with Crippen LogP contribution >= 0.6 is 11.3 Å². The largest absolute Gasteiger partial charge is 1.00 e. The van der Waals surface area contributed by atoms with Crippen molar-refractivity contribution in [2.75, 3.05) is 0 Å². The number of halogens is 1. The summed E-state index contributed by atoms with van der Waals surface area (Å²) in [5.41, 5.74) is 2.07. The van der Waals surface area contributed by atoms with Gasteiger partial charge in [-0.25, -0.2) is 0 Å². The lowest BCUT2D eigenvalue weighted by Crippen LogP contribution is -3.00. The monoisotopic (exact) mass is 358 g/mol. The summed E-state index contributed by atoms with van der Waals surface area (Å²) in [7, 11) is 0. The van der Waals surface area contributed by atoms with E-state index >= 15 is 0 Å². The molecule has 2 N–H and O–H groups in total. The summed E-state index contributed by atoms with van der Waals surface area (Å²) in [4.78, 5) is 12.8. The van der Waals surface area contributed by atoms with Gasteiger partial charge in [0.2, 0.25) is 5.91 Å². The number of amides is 1. The standard InChI is InChI=1S/C18H17N3OS.ClH/c19-18-21(11-12-23-18)13-16(22)20-17(14-7-3-1-4-8-14)15-9-5-2-6-10-15;/h1-12,17,19H,13H2,(H,20,22);1H/p-1. The second-order valence-electron chi connectivity index (χ2n) is 5.16. The summed E-state index contributed by atoms with van der Waals surface area (Å²) in [6, 6.07) is 19.6. The normalized spacial score (nSPS) is 10.2. The molecule has 0 spiro atoms. The first-order valence-electron chi connectivity index (χ1n) is 7.32. The first-order valence-corrected chi connectivity index (χ1v) is 8.20. The molecule has 4 nitrogen and oxygen atoms in total. The zero-order valence-corrected chi connectivity index (χ0v) is 14.4. The summed E-state index contributed by atoms with van der Waals surface area (Å²) in [6.45, 7) is 0.151. The average molecular weight is 359 g/mol. The number of aromatic nitrogens is 1. The maximum absolute atomic E-state index is 12.4. The van der Waals surface area contributed by atoms with Crippen molar-refractivity contribution in [2.45, 2.75) is 12.6 Å². The number of thiazole rings is 1. The molecule has 124 valence electrons. The molecule has 24 heavy (non-hydrogen) atoms. The molecule has 0 saturated carbocycles. The zero-order chi connectivity index (χ0) is 16.1. The lowest BCUT2D eigenvalue weighted by molar-refractivity contribution is -0.122. The quantitative estimate of drug-likeness (QED) is 0.659. The third kappa shape index (κ3) is 4.34. The van der Waals surface area contributed by atoms with Gasteiger partial charge in [-0.2, -0.15) is 0 Å². The number of nitrogens with zero attached hydrogens (tertiary/aromatic N) is 1. The van der Waals surface area contributed by atoms with Crippen LogP contribution in [0, 0.1) is 5.41 Å². The van der Waals surface area contributed by atoms with E-state index in [1.165, 1.54) is 11.3 Å². The second-order valence-corrected chi connectivity index (χ2v) is 6.05. The molecule has 3 aromatic rings. The molecule has 0 fully saturated rings. The van der Waals surface area contributed by atoms with E-state index in [9.17, 15) is 4.79 Å². The Labute approximate surface area is 150 Å². The molecule has 0 radical (unpaired) electrons. The number of hydrogen-bond donors (Lipinski definition) is 2. The van der Waals surface area contributed by atoms with E-state index in [4.69, 9.17) is 5.41 Å². The zero-order valence-electron chi connectivity index (χ0n) is 12.9. The second kappa shape index (κ2) is 8.47.